The molecule has 2 aromatic rings. The zero-order valence-corrected chi connectivity index (χ0v) is 20.5. The van der Waals surface area contributed by atoms with Crippen LogP contribution in [0.5, 0.6) is 17.2 Å². The number of halogens is 1. The fraction of sp³-hybridized carbons (Fsp3) is 0.391. The van der Waals surface area contributed by atoms with E-state index in [2.05, 4.69) is 56.1 Å². The van der Waals surface area contributed by atoms with Crippen molar-refractivity contribution >= 4 is 27.9 Å². The first kappa shape index (κ1) is 26.4. The predicted octanol–water partition coefficient (Wildman–Crippen LogP) is 2.95. The SMILES string of the molecule is COc1ccc(CN2CCN(Cc3ccc(Br)cc3)CC2)c(OC)c1OC.O=C(O)C(=O)O. The largest absolute Gasteiger partial charge is 0.493 e. The number of aliphatic carboxylic acids is 2. The molecular weight excluding hydrogens is 496 g/mol. The third-order valence-electron chi connectivity index (χ3n) is 5.15. The van der Waals surface area contributed by atoms with Crippen LogP contribution in [0, 0.1) is 0 Å². The van der Waals surface area contributed by atoms with Crippen molar-refractivity contribution in [3.05, 3.63) is 52.0 Å². The number of piperazine rings is 1. The van der Waals surface area contributed by atoms with Crippen LogP contribution in [-0.2, 0) is 22.7 Å². The van der Waals surface area contributed by atoms with Gasteiger partial charge in [0.15, 0.2) is 11.5 Å². The quantitative estimate of drug-likeness (QED) is 0.528. The van der Waals surface area contributed by atoms with Gasteiger partial charge in [-0.2, -0.15) is 0 Å². The van der Waals surface area contributed by atoms with Crippen molar-refractivity contribution in [3.63, 3.8) is 0 Å². The van der Waals surface area contributed by atoms with Crippen molar-refractivity contribution in [2.45, 2.75) is 13.1 Å². The van der Waals surface area contributed by atoms with Crippen molar-refractivity contribution in [3.8, 4) is 17.2 Å². The molecule has 1 saturated heterocycles. The summed E-state index contributed by atoms with van der Waals surface area (Å²) < 4.78 is 17.6. The number of methoxy groups -OCH3 is 3. The van der Waals surface area contributed by atoms with E-state index < -0.39 is 11.9 Å². The summed E-state index contributed by atoms with van der Waals surface area (Å²) in [7, 11) is 4.96. The van der Waals surface area contributed by atoms with Crippen LogP contribution in [0.25, 0.3) is 0 Å². The minimum absolute atomic E-state index is 0.659. The number of hydrogen-bond acceptors (Lipinski definition) is 7. The van der Waals surface area contributed by atoms with Crippen molar-refractivity contribution in [1.29, 1.82) is 0 Å². The zero-order chi connectivity index (χ0) is 24.4. The van der Waals surface area contributed by atoms with Crippen LogP contribution < -0.4 is 14.2 Å². The average molecular weight is 525 g/mol. The highest BCUT2D eigenvalue weighted by Gasteiger charge is 2.21. The molecule has 0 unspecified atom stereocenters. The molecule has 2 N–H and O–H groups in total. The summed E-state index contributed by atoms with van der Waals surface area (Å²) in [4.78, 5) is 23.2. The smallest absolute Gasteiger partial charge is 0.414 e. The first-order valence-electron chi connectivity index (χ1n) is 10.2. The van der Waals surface area contributed by atoms with Gasteiger partial charge >= 0.3 is 11.9 Å². The van der Waals surface area contributed by atoms with E-state index in [1.807, 2.05) is 6.07 Å². The minimum atomic E-state index is -1.82. The topological polar surface area (TPSA) is 109 Å². The Morgan fingerprint density at radius 2 is 1.30 bits per heavy atom. The lowest BCUT2D eigenvalue weighted by atomic mass is 10.1. The van der Waals surface area contributed by atoms with Crippen LogP contribution >= 0.6 is 15.9 Å². The summed E-state index contributed by atoms with van der Waals surface area (Å²) in [5, 5.41) is 14.8. The van der Waals surface area contributed by atoms with Gasteiger partial charge in [0, 0.05) is 49.3 Å². The maximum atomic E-state index is 9.10. The van der Waals surface area contributed by atoms with Crippen molar-refractivity contribution in [2.24, 2.45) is 0 Å². The number of benzene rings is 2. The van der Waals surface area contributed by atoms with Crippen LogP contribution in [0.1, 0.15) is 11.1 Å². The standard InChI is InChI=1S/C21H27BrN2O3.C2H2O4/c1-25-19-9-6-17(20(26-2)21(19)27-3)15-24-12-10-23(11-13-24)14-16-4-7-18(22)8-5-16;3-1(4)2(5)6/h4-9H,10-15H2,1-3H3;(H,3,4)(H,5,6). The normalized spacial score (nSPS) is 14.1. The first-order valence-corrected chi connectivity index (χ1v) is 11.0. The van der Waals surface area contributed by atoms with Crippen molar-refractivity contribution < 1.29 is 34.0 Å². The second-order valence-corrected chi connectivity index (χ2v) is 8.20. The molecule has 0 aromatic heterocycles. The molecular formula is C23H29BrN2O7. The summed E-state index contributed by atoms with van der Waals surface area (Å²) in [6, 6.07) is 12.6. The lowest BCUT2D eigenvalue weighted by Crippen LogP contribution is -2.45. The minimum Gasteiger partial charge on any atom is -0.493 e. The molecule has 33 heavy (non-hydrogen) atoms. The molecule has 1 heterocycles. The fourth-order valence-corrected chi connectivity index (χ4v) is 3.75. The zero-order valence-electron chi connectivity index (χ0n) is 18.9. The number of carboxylic acid groups (broad SMARTS) is 2. The summed E-state index contributed by atoms with van der Waals surface area (Å²) >= 11 is 3.49. The number of nitrogens with zero attached hydrogens (tertiary/aromatic N) is 2. The van der Waals surface area contributed by atoms with Crippen LogP contribution in [0.3, 0.4) is 0 Å². The van der Waals surface area contributed by atoms with Crippen LogP contribution in [0.2, 0.25) is 0 Å². The van der Waals surface area contributed by atoms with Crippen LogP contribution in [-0.4, -0.2) is 79.5 Å². The van der Waals surface area contributed by atoms with Gasteiger partial charge in [-0.1, -0.05) is 34.1 Å². The molecule has 0 radical (unpaired) electrons. The number of ether oxygens (including phenoxy) is 3. The van der Waals surface area contributed by atoms with Gasteiger partial charge in [-0.15, -0.1) is 0 Å². The highest BCUT2D eigenvalue weighted by molar-refractivity contribution is 9.10. The first-order chi connectivity index (χ1) is 15.8. The van der Waals surface area contributed by atoms with E-state index in [1.165, 1.54) is 5.56 Å². The molecule has 10 heteroatoms. The molecule has 0 amide bonds. The van der Waals surface area contributed by atoms with Gasteiger partial charge in [0.1, 0.15) is 0 Å². The summed E-state index contributed by atoms with van der Waals surface area (Å²) in [6.45, 7) is 6.04. The predicted molar refractivity (Wildman–Crippen MR) is 126 cm³/mol. The number of carbonyl (C=O) groups is 2. The maximum absolute atomic E-state index is 9.10. The monoisotopic (exact) mass is 524 g/mol. The molecule has 0 bridgehead atoms. The molecule has 0 atom stereocenters. The van der Waals surface area contributed by atoms with E-state index in [0.29, 0.717) is 11.5 Å². The lowest BCUT2D eigenvalue weighted by molar-refractivity contribution is -0.159. The summed E-state index contributed by atoms with van der Waals surface area (Å²) in [5.74, 6) is -1.54. The fourth-order valence-electron chi connectivity index (χ4n) is 3.48. The third-order valence-corrected chi connectivity index (χ3v) is 5.68. The Morgan fingerprint density at radius 1 is 0.788 bits per heavy atom. The summed E-state index contributed by atoms with van der Waals surface area (Å²) in [5.41, 5.74) is 2.48. The molecule has 9 nitrogen and oxygen atoms in total. The van der Waals surface area contributed by atoms with E-state index in [1.54, 1.807) is 21.3 Å². The second kappa shape index (κ2) is 13.0. The molecule has 1 aliphatic rings. The molecule has 1 aliphatic heterocycles. The highest BCUT2D eigenvalue weighted by atomic mass is 79.9. The van der Waals surface area contributed by atoms with Gasteiger partial charge in [0.05, 0.1) is 21.3 Å². The number of hydrogen-bond donors (Lipinski definition) is 2. The van der Waals surface area contributed by atoms with E-state index in [4.69, 9.17) is 34.0 Å². The van der Waals surface area contributed by atoms with Crippen LogP contribution in [0.15, 0.2) is 40.9 Å². The summed E-state index contributed by atoms with van der Waals surface area (Å²) in [6.07, 6.45) is 0. The van der Waals surface area contributed by atoms with Gasteiger partial charge in [-0.05, 0) is 23.8 Å². The molecule has 0 spiro atoms. The van der Waals surface area contributed by atoms with Crippen LogP contribution in [0.4, 0.5) is 0 Å². The Balaban J connectivity index is 0.000000569. The van der Waals surface area contributed by atoms with Crippen molar-refractivity contribution in [2.75, 3.05) is 47.5 Å². The Hall–Kier alpha value is -2.82. The third kappa shape index (κ3) is 7.92. The van der Waals surface area contributed by atoms with E-state index in [0.717, 1.165) is 55.1 Å². The Bertz CT molecular complexity index is 917. The van der Waals surface area contributed by atoms with Gasteiger partial charge < -0.3 is 24.4 Å². The van der Waals surface area contributed by atoms with E-state index >= 15 is 0 Å². The molecule has 3 rings (SSSR count). The molecule has 2 aromatic carbocycles. The molecule has 0 aliphatic carbocycles. The average Bonchev–Trinajstić information content (AvgIpc) is 2.81. The van der Waals surface area contributed by atoms with Crippen molar-refractivity contribution in [1.82, 2.24) is 9.80 Å². The molecule has 0 saturated carbocycles. The number of rotatable bonds is 7. The van der Waals surface area contributed by atoms with Gasteiger partial charge in [0.2, 0.25) is 5.75 Å². The highest BCUT2D eigenvalue weighted by Crippen LogP contribution is 2.40. The number of carboxylic acids is 2. The Kier molecular flexibility index (Phi) is 10.4. The lowest BCUT2D eigenvalue weighted by Gasteiger charge is -2.35. The molecule has 1 fully saturated rings. The van der Waals surface area contributed by atoms with E-state index in [-0.39, 0.29) is 0 Å². The van der Waals surface area contributed by atoms with E-state index in [9.17, 15) is 0 Å². The van der Waals surface area contributed by atoms with Gasteiger partial charge in [0.25, 0.3) is 0 Å². The second-order valence-electron chi connectivity index (χ2n) is 7.28. The van der Waals surface area contributed by atoms with Gasteiger partial charge in [-0.25, -0.2) is 9.59 Å². The maximum Gasteiger partial charge on any atom is 0.414 e. The molecule has 180 valence electrons. The Morgan fingerprint density at radius 3 is 1.76 bits per heavy atom. The van der Waals surface area contributed by atoms with Gasteiger partial charge in [-0.3, -0.25) is 9.80 Å². The Labute approximate surface area is 201 Å².